The monoisotopic (exact) mass is 341 g/mol. The molecule has 24 heavy (non-hydrogen) atoms. The van der Waals surface area contributed by atoms with Gasteiger partial charge in [0, 0.05) is 42.3 Å². The van der Waals surface area contributed by atoms with Gasteiger partial charge in [0.25, 0.3) is 0 Å². The van der Waals surface area contributed by atoms with Gasteiger partial charge in [-0.25, -0.2) is 4.98 Å². The van der Waals surface area contributed by atoms with Gasteiger partial charge in [0.05, 0.1) is 13.2 Å². The van der Waals surface area contributed by atoms with Crippen molar-refractivity contribution in [1.29, 1.82) is 0 Å². The maximum absolute atomic E-state index is 5.47. The summed E-state index contributed by atoms with van der Waals surface area (Å²) in [4.78, 5) is 8.39. The molecule has 1 saturated heterocycles. The third-order valence-electron chi connectivity index (χ3n) is 4.68. The summed E-state index contributed by atoms with van der Waals surface area (Å²) in [5.41, 5.74) is 2.71. The summed E-state index contributed by atoms with van der Waals surface area (Å²) in [5, 5.41) is 3.76. The van der Waals surface area contributed by atoms with E-state index in [0.29, 0.717) is 6.04 Å². The van der Waals surface area contributed by atoms with Crippen LogP contribution in [0, 0.1) is 0 Å². The molecule has 1 atom stereocenters. The number of nitrogens with one attached hydrogen (secondary N) is 1. The van der Waals surface area contributed by atoms with Crippen LogP contribution in [0.25, 0.3) is 0 Å². The molecule has 0 unspecified atom stereocenters. The second-order valence-electron chi connectivity index (χ2n) is 6.19. The molecule has 0 aliphatic carbocycles. The first kappa shape index (κ1) is 15.9. The molecule has 2 aliphatic heterocycles. The van der Waals surface area contributed by atoms with E-state index in [0.717, 1.165) is 38.7 Å². The summed E-state index contributed by atoms with van der Waals surface area (Å²) in [5.74, 6) is 2.28. The fourth-order valence-corrected chi connectivity index (χ4v) is 4.54. The number of aromatic nitrogens is 1. The Kier molecular flexibility index (Phi) is 5.02. The first-order valence-corrected chi connectivity index (χ1v) is 9.62. The first-order valence-electron chi connectivity index (χ1n) is 8.63. The van der Waals surface area contributed by atoms with E-state index in [1.807, 2.05) is 24.0 Å². The number of hydrogen-bond donors (Lipinski definition) is 1. The number of fused-ring (bicyclic) bond motifs is 1. The largest absolute Gasteiger partial charge is 0.378 e. The molecular weight excluding hydrogens is 318 g/mol. The van der Waals surface area contributed by atoms with Crippen LogP contribution in [-0.4, -0.2) is 37.0 Å². The molecule has 4 rings (SSSR count). The number of nitrogens with zero attached hydrogens (tertiary/aromatic N) is 2. The SMILES string of the molecule is c1cnc(N2CCOCC2)c(CN[C@H]2CCSc3ccccc32)c1. The van der Waals surface area contributed by atoms with Crippen molar-refractivity contribution in [3.8, 4) is 0 Å². The second-order valence-corrected chi connectivity index (χ2v) is 7.33. The molecule has 0 spiro atoms. The molecule has 0 bridgehead atoms. The van der Waals surface area contributed by atoms with Crippen LogP contribution < -0.4 is 10.2 Å². The molecule has 0 saturated carbocycles. The zero-order valence-electron chi connectivity index (χ0n) is 13.8. The number of thioether (sulfide) groups is 1. The highest BCUT2D eigenvalue weighted by Crippen LogP contribution is 2.36. The minimum Gasteiger partial charge on any atom is -0.378 e. The lowest BCUT2D eigenvalue weighted by atomic mass is 10.0. The minimum atomic E-state index is 0.431. The Morgan fingerprint density at radius 2 is 2.04 bits per heavy atom. The number of ether oxygens (including phenoxy) is 1. The topological polar surface area (TPSA) is 37.4 Å². The average Bonchev–Trinajstić information content (AvgIpc) is 2.67. The zero-order valence-corrected chi connectivity index (χ0v) is 14.6. The molecule has 1 aromatic heterocycles. The molecular formula is C19H23N3OS. The summed E-state index contributed by atoms with van der Waals surface area (Å²) in [7, 11) is 0. The highest BCUT2D eigenvalue weighted by atomic mass is 32.2. The number of pyridine rings is 1. The number of morpholine rings is 1. The first-order chi connectivity index (χ1) is 11.9. The van der Waals surface area contributed by atoms with Crippen LogP contribution in [0.3, 0.4) is 0 Å². The van der Waals surface area contributed by atoms with Crippen molar-refractivity contribution in [2.45, 2.75) is 23.9 Å². The van der Waals surface area contributed by atoms with Crippen LogP contribution in [0.5, 0.6) is 0 Å². The summed E-state index contributed by atoms with van der Waals surface area (Å²) in [6, 6.07) is 13.4. The highest BCUT2D eigenvalue weighted by molar-refractivity contribution is 7.99. The van der Waals surface area contributed by atoms with E-state index in [9.17, 15) is 0 Å². The zero-order chi connectivity index (χ0) is 16.2. The summed E-state index contributed by atoms with van der Waals surface area (Å²) < 4.78 is 5.47. The van der Waals surface area contributed by atoms with Crippen LogP contribution in [0.4, 0.5) is 5.82 Å². The van der Waals surface area contributed by atoms with Gasteiger partial charge in [-0.1, -0.05) is 24.3 Å². The molecule has 0 radical (unpaired) electrons. The summed E-state index contributed by atoms with van der Waals surface area (Å²) in [6.45, 7) is 4.28. The number of rotatable bonds is 4. The standard InChI is InChI=1S/C19H23N3OS/c1-2-6-18-16(5-1)17(7-13-24-18)21-14-15-4-3-8-20-19(15)22-9-11-23-12-10-22/h1-6,8,17,21H,7,9-14H2/t17-/m0/s1. The van der Waals surface area contributed by atoms with Crippen LogP contribution in [0.15, 0.2) is 47.5 Å². The maximum Gasteiger partial charge on any atom is 0.133 e. The molecule has 5 heteroatoms. The van der Waals surface area contributed by atoms with Gasteiger partial charge < -0.3 is 15.0 Å². The minimum absolute atomic E-state index is 0.431. The Balaban J connectivity index is 1.49. The van der Waals surface area contributed by atoms with Crippen molar-refractivity contribution in [2.24, 2.45) is 0 Å². The van der Waals surface area contributed by atoms with Crippen LogP contribution in [-0.2, 0) is 11.3 Å². The molecule has 1 fully saturated rings. The third kappa shape index (κ3) is 3.43. The number of anilines is 1. The average molecular weight is 341 g/mol. The normalized spacial score (nSPS) is 20.7. The van der Waals surface area contributed by atoms with Crippen molar-refractivity contribution in [2.75, 3.05) is 37.0 Å². The third-order valence-corrected chi connectivity index (χ3v) is 5.80. The van der Waals surface area contributed by atoms with E-state index in [1.165, 1.54) is 28.2 Å². The van der Waals surface area contributed by atoms with E-state index in [-0.39, 0.29) is 0 Å². The van der Waals surface area contributed by atoms with E-state index < -0.39 is 0 Å². The fourth-order valence-electron chi connectivity index (χ4n) is 3.42. The van der Waals surface area contributed by atoms with Gasteiger partial charge in [-0.2, -0.15) is 0 Å². The quantitative estimate of drug-likeness (QED) is 0.924. The predicted octanol–water partition coefficient (Wildman–Crippen LogP) is 3.24. The van der Waals surface area contributed by atoms with Gasteiger partial charge in [-0.3, -0.25) is 0 Å². The Labute approximate surface area is 147 Å². The van der Waals surface area contributed by atoms with E-state index in [1.54, 1.807) is 0 Å². The molecule has 1 aromatic carbocycles. The van der Waals surface area contributed by atoms with Crippen molar-refractivity contribution in [1.82, 2.24) is 10.3 Å². The van der Waals surface area contributed by atoms with Gasteiger partial charge in [-0.05, 0) is 29.9 Å². The Morgan fingerprint density at radius 3 is 2.96 bits per heavy atom. The second kappa shape index (κ2) is 7.55. The molecule has 2 aromatic rings. The fraction of sp³-hybridized carbons (Fsp3) is 0.421. The molecule has 4 nitrogen and oxygen atoms in total. The van der Waals surface area contributed by atoms with Crippen molar-refractivity contribution >= 4 is 17.6 Å². The molecule has 1 N–H and O–H groups in total. The number of hydrogen-bond acceptors (Lipinski definition) is 5. The van der Waals surface area contributed by atoms with Gasteiger partial charge >= 0.3 is 0 Å². The van der Waals surface area contributed by atoms with E-state index in [4.69, 9.17) is 4.74 Å². The van der Waals surface area contributed by atoms with Crippen molar-refractivity contribution < 1.29 is 4.74 Å². The van der Waals surface area contributed by atoms with Crippen molar-refractivity contribution in [3.63, 3.8) is 0 Å². The number of benzene rings is 1. The van der Waals surface area contributed by atoms with Crippen LogP contribution >= 0.6 is 11.8 Å². The molecule has 3 heterocycles. The Morgan fingerprint density at radius 1 is 1.17 bits per heavy atom. The lowest BCUT2D eigenvalue weighted by molar-refractivity contribution is 0.122. The molecule has 126 valence electrons. The van der Waals surface area contributed by atoms with Gasteiger partial charge in [0.15, 0.2) is 0 Å². The predicted molar refractivity (Wildman–Crippen MR) is 98.6 cm³/mol. The lowest BCUT2D eigenvalue weighted by Crippen LogP contribution is -2.37. The van der Waals surface area contributed by atoms with Gasteiger partial charge in [0.1, 0.15) is 5.82 Å². The van der Waals surface area contributed by atoms with E-state index >= 15 is 0 Å². The lowest BCUT2D eigenvalue weighted by Gasteiger charge is -2.30. The smallest absolute Gasteiger partial charge is 0.133 e. The van der Waals surface area contributed by atoms with Crippen LogP contribution in [0.2, 0.25) is 0 Å². The Hall–Kier alpha value is -1.56. The molecule has 2 aliphatic rings. The van der Waals surface area contributed by atoms with Crippen molar-refractivity contribution in [3.05, 3.63) is 53.7 Å². The summed E-state index contributed by atoms with van der Waals surface area (Å²) in [6.07, 6.45) is 3.07. The van der Waals surface area contributed by atoms with Crippen LogP contribution in [0.1, 0.15) is 23.6 Å². The van der Waals surface area contributed by atoms with Gasteiger partial charge in [-0.15, -0.1) is 11.8 Å². The Bertz CT molecular complexity index is 688. The maximum atomic E-state index is 5.47. The highest BCUT2D eigenvalue weighted by Gasteiger charge is 2.21. The molecule has 0 amide bonds. The summed E-state index contributed by atoms with van der Waals surface area (Å²) >= 11 is 1.97. The van der Waals surface area contributed by atoms with Gasteiger partial charge in [0.2, 0.25) is 0 Å². The van der Waals surface area contributed by atoms with E-state index in [2.05, 4.69) is 45.5 Å².